The molecule has 1 fully saturated rings. The predicted octanol–water partition coefficient (Wildman–Crippen LogP) is 4.07. The lowest BCUT2D eigenvalue weighted by molar-refractivity contribution is -0.135. The summed E-state index contributed by atoms with van der Waals surface area (Å²) in [5.41, 5.74) is 0.526. The zero-order chi connectivity index (χ0) is 33.9. The van der Waals surface area contributed by atoms with Crippen LogP contribution in [-0.2, 0) is 31.9 Å². The van der Waals surface area contributed by atoms with Gasteiger partial charge in [-0.25, -0.2) is 9.59 Å². The van der Waals surface area contributed by atoms with Crippen molar-refractivity contribution in [2.75, 3.05) is 26.2 Å². The van der Waals surface area contributed by atoms with Crippen LogP contribution in [-0.4, -0.2) is 94.5 Å². The van der Waals surface area contributed by atoms with E-state index in [1.807, 2.05) is 60.7 Å². The van der Waals surface area contributed by atoms with Gasteiger partial charge in [0.15, 0.2) is 0 Å². The van der Waals surface area contributed by atoms with Gasteiger partial charge in [-0.3, -0.25) is 9.59 Å². The maximum atomic E-state index is 13.8. The first kappa shape index (κ1) is 36.3. The van der Waals surface area contributed by atoms with Crippen molar-refractivity contribution < 1.29 is 33.8 Å². The van der Waals surface area contributed by atoms with Crippen molar-refractivity contribution in [1.29, 1.82) is 0 Å². The maximum absolute atomic E-state index is 13.8. The number of aliphatic hydroxyl groups excluding tert-OH is 1. The van der Waals surface area contributed by atoms with Crippen LogP contribution >= 0.6 is 0 Å². The SMILES string of the molecule is CC(C)(C)OC(=O)N[C@@H](CCc1ccccc1)C(=O)N1CCN(C(=O)[C@H](CCc2ccccc2)NC(=O)OC(C)(C)C)CC(O)C1. The average Bonchev–Trinajstić information content (AvgIpc) is 3.17. The Kier molecular flexibility index (Phi) is 13.0. The molecular weight excluding hydrogens is 588 g/mol. The van der Waals surface area contributed by atoms with Crippen molar-refractivity contribution >= 4 is 24.0 Å². The lowest BCUT2D eigenvalue weighted by Crippen LogP contribution is -2.52. The highest BCUT2D eigenvalue weighted by molar-refractivity contribution is 5.87. The zero-order valence-corrected chi connectivity index (χ0v) is 28.0. The lowest BCUT2D eigenvalue weighted by atomic mass is 10.0. The number of amides is 4. The van der Waals surface area contributed by atoms with E-state index >= 15 is 0 Å². The van der Waals surface area contributed by atoms with Gasteiger partial charge in [0.1, 0.15) is 23.3 Å². The quantitative estimate of drug-likeness (QED) is 0.357. The molecule has 3 rings (SSSR count). The molecule has 0 spiro atoms. The van der Waals surface area contributed by atoms with E-state index in [4.69, 9.17) is 9.47 Å². The van der Waals surface area contributed by atoms with Crippen LogP contribution in [0.3, 0.4) is 0 Å². The van der Waals surface area contributed by atoms with Crippen LogP contribution in [0.5, 0.6) is 0 Å². The molecule has 2 atom stereocenters. The lowest BCUT2D eigenvalue weighted by Gasteiger charge is -2.29. The van der Waals surface area contributed by atoms with Crippen molar-refractivity contribution in [3.63, 3.8) is 0 Å². The molecule has 2 aromatic rings. The summed E-state index contributed by atoms with van der Waals surface area (Å²) in [7, 11) is 0. The number of carbonyl (C=O) groups is 4. The van der Waals surface area contributed by atoms with Crippen molar-refractivity contribution in [2.24, 2.45) is 0 Å². The van der Waals surface area contributed by atoms with E-state index in [1.165, 1.54) is 9.80 Å². The molecule has 0 bridgehead atoms. The van der Waals surface area contributed by atoms with Crippen LogP contribution in [0.2, 0.25) is 0 Å². The molecule has 11 nitrogen and oxygen atoms in total. The summed E-state index contributed by atoms with van der Waals surface area (Å²) >= 11 is 0. The van der Waals surface area contributed by atoms with E-state index < -0.39 is 41.6 Å². The van der Waals surface area contributed by atoms with E-state index in [9.17, 15) is 24.3 Å². The Hall–Kier alpha value is -4.12. The van der Waals surface area contributed by atoms with Crippen molar-refractivity contribution in [1.82, 2.24) is 20.4 Å². The van der Waals surface area contributed by atoms with Crippen LogP contribution in [0, 0.1) is 0 Å². The van der Waals surface area contributed by atoms with Gasteiger partial charge in [-0.05, 0) is 78.4 Å². The van der Waals surface area contributed by atoms with Crippen LogP contribution in [0.1, 0.15) is 65.5 Å². The Morgan fingerprint density at radius 1 is 0.696 bits per heavy atom. The summed E-state index contributed by atoms with van der Waals surface area (Å²) in [6, 6.07) is 17.5. The summed E-state index contributed by atoms with van der Waals surface area (Å²) < 4.78 is 10.9. The number of β-amino-alcohol motifs (C(OH)–C–C–N with tert-alkyl or cyclic N) is 1. The van der Waals surface area contributed by atoms with Crippen molar-refractivity contribution in [3.05, 3.63) is 71.8 Å². The first-order valence-electron chi connectivity index (χ1n) is 15.9. The second kappa shape index (κ2) is 16.4. The number of rotatable bonds is 10. The summed E-state index contributed by atoms with van der Waals surface area (Å²) in [6.07, 6.45) is -0.748. The second-order valence-corrected chi connectivity index (χ2v) is 13.7. The van der Waals surface area contributed by atoms with Crippen molar-refractivity contribution in [3.8, 4) is 0 Å². The van der Waals surface area contributed by atoms with Crippen LogP contribution in [0.15, 0.2) is 60.7 Å². The summed E-state index contributed by atoms with van der Waals surface area (Å²) in [6.45, 7) is 10.7. The molecule has 0 unspecified atom stereocenters. The molecule has 1 heterocycles. The highest BCUT2D eigenvalue weighted by Crippen LogP contribution is 2.16. The van der Waals surface area contributed by atoms with E-state index in [-0.39, 0.29) is 38.0 Å². The normalized spacial score (nSPS) is 15.7. The predicted molar refractivity (Wildman–Crippen MR) is 175 cm³/mol. The van der Waals surface area contributed by atoms with Gasteiger partial charge in [0.05, 0.1) is 6.10 Å². The monoisotopic (exact) mass is 638 g/mol. The third-order valence-corrected chi connectivity index (χ3v) is 7.23. The number of carbonyl (C=O) groups excluding carboxylic acids is 4. The number of aliphatic hydroxyl groups is 1. The molecule has 4 amide bonds. The number of ether oxygens (including phenoxy) is 2. The largest absolute Gasteiger partial charge is 0.444 e. The summed E-state index contributed by atoms with van der Waals surface area (Å²) in [5, 5.41) is 16.4. The molecule has 1 aliphatic heterocycles. The van der Waals surface area contributed by atoms with Gasteiger partial charge in [0.2, 0.25) is 11.8 Å². The molecule has 11 heteroatoms. The highest BCUT2D eigenvalue weighted by Gasteiger charge is 2.35. The fourth-order valence-corrected chi connectivity index (χ4v) is 5.16. The Labute approximate surface area is 272 Å². The highest BCUT2D eigenvalue weighted by atomic mass is 16.6. The number of aryl methyl sites for hydroxylation is 2. The minimum absolute atomic E-state index is 0.0192. The smallest absolute Gasteiger partial charge is 0.408 e. The third kappa shape index (κ3) is 12.7. The number of hydrogen-bond donors (Lipinski definition) is 3. The molecule has 1 saturated heterocycles. The standard InChI is InChI=1S/C35H50N4O7/c1-34(2,3)45-32(43)36-28(19-17-25-13-9-7-10-14-25)30(41)38-21-22-39(24-27(40)23-38)31(42)29(37-33(44)46-35(4,5)6)20-18-26-15-11-8-12-16-26/h7-16,27-29,40H,17-24H2,1-6H3,(H,36,43)(H,37,44)/t28-,29-/m0/s1. The molecule has 2 aromatic carbocycles. The van der Waals surface area contributed by atoms with Gasteiger partial charge < -0.3 is 35.0 Å². The Bertz CT molecular complexity index is 1190. The average molecular weight is 639 g/mol. The van der Waals surface area contributed by atoms with E-state index in [0.717, 1.165) is 11.1 Å². The van der Waals surface area contributed by atoms with Gasteiger partial charge in [-0.2, -0.15) is 0 Å². The molecule has 3 N–H and O–H groups in total. The second-order valence-electron chi connectivity index (χ2n) is 13.7. The van der Waals surface area contributed by atoms with Crippen LogP contribution in [0.25, 0.3) is 0 Å². The molecule has 0 aliphatic carbocycles. The molecular formula is C35H50N4O7. The first-order chi connectivity index (χ1) is 21.6. The molecule has 252 valence electrons. The fraction of sp³-hybridized carbons (Fsp3) is 0.543. The van der Waals surface area contributed by atoms with E-state index in [0.29, 0.717) is 25.7 Å². The topological polar surface area (TPSA) is 138 Å². The summed E-state index contributed by atoms with van der Waals surface area (Å²) in [4.78, 5) is 56.0. The number of nitrogens with zero attached hydrogens (tertiary/aromatic N) is 2. The van der Waals surface area contributed by atoms with Crippen molar-refractivity contribution in [2.45, 2.75) is 96.6 Å². The molecule has 0 saturated carbocycles. The van der Waals surface area contributed by atoms with Gasteiger partial charge in [-0.1, -0.05) is 60.7 Å². The minimum Gasteiger partial charge on any atom is -0.444 e. The first-order valence-corrected chi connectivity index (χ1v) is 15.9. The molecule has 46 heavy (non-hydrogen) atoms. The minimum atomic E-state index is -1.04. The fourth-order valence-electron chi connectivity index (χ4n) is 5.16. The molecule has 1 aliphatic rings. The Balaban J connectivity index is 1.74. The van der Waals surface area contributed by atoms with E-state index in [2.05, 4.69) is 10.6 Å². The summed E-state index contributed by atoms with van der Waals surface area (Å²) in [5.74, 6) is -0.745. The Morgan fingerprint density at radius 3 is 1.37 bits per heavy atom. The van der Waals surface area contributed by atoms with Crippen LogP contribution < -0.4 is 10.6 Å². The van der Waals surface area contributed by atoms with Gasteiger partial charge in [-0.15, -0.1) is 0 Å². The molecule has 0 aromatic heterocycles. The third-order valence-electron chi connectivity index (χ3n) is 7.23. The number of hydrogen-bond acceptors (Lipinski definition) is 7. The number of benzene rings is 2. The van der Waals surface area contributed by atoms with E-state index in [1.54, 1.807) is 41.5 Å². The van der Waals surface area contributed by atoms with Gasteiger partial charge >= 0.3 is 12.2 Å². The maximum Gasteiger partial charge on any atom is 0.408 e. The van der Waals surface area contributed by atoms with Crippen LogP contribution in [0.4, 0.5) is 9.59 Å². The number of alkyl carbamates (subject to hydrolysis) is 2. The van der Waals surface area contributed by atoms with Gasteiger partial charge in [0, 0.05) is 26.2 Å². The molecule has 0 radical (unpaired) electrons. The number of nitrogens with one attached hydrogen (secondary N) is 2. The van der Waals surface area contributed by atoms with Gasteiger partial charge in [0.25, 0.3) is 0 Å². The zero-order valence-electron chi connectivity index (χ0n) is 28.0. The Morgan fingerprint density at radius 2 is 1.04 bits per heavy atom.